The number of nitriles is 4. The molecule has 0 radical (unpaired) electrons. The van der Waals surface area contributed by atoms with Crippen molar-refractivity contribution < 1.29 is 99.4 Å². The third-order valence-corrected chi connectivity index (χ3v) is 27.2. The number of aromatic nitrogens is 8. The Morgan fingerprint density at radius 2 is 0.740 bits per heavy atom. The fraction of sp³-hybridized carbons (Fsp3) is 0.348. The average Bonchev–Trinajstić information content (AvgIpc) is 1.60. The molecule has 768 valence electrons. The van der Waals surface area contributed by atoms with Gasteiger partial charge in [-0.2, -0.15) is 41.0 Å². The van der Waals surface area contributed by atoms with Crippen LogP contribution in [0, 0.1) is 69.0 Å². The summed E-state index contributed by atoms with van der Waals surface area (Å²) in [5, 5.41) is 67.2. The quantitative estimate of drug-likeness (QED) is 0.0199. The van der Waals surface area contributed by atoms with Crippen LogP contribution in [0.1, 0.15) is 191 Å². The minimum Gasteiger partial charge on any atom is -0.497 e. The number of nitrogens with zero attached hydrogens (tertiary/aromatic N) is 15. The first-order chi connectivity index (χ1) is 72.5. The fourth-order valence-electron chi connectivity index (χ4n) is 20.7. The van der Waals surface area contributed by atoms with Crippen molar-refractivity contribution in [2.75, 3.05) is 52.6 Å². The van der Waals surface area contributed by atoms with Crippen molar-refractivity contribution in [2.45, 2.75) is 176 Å². The Morgan fingerprint density at radius 1 is 0.407 bits per heavy atom. The number of amides is 4. The molecule has 37 nitrogen and oxygen atoms in total. The second kappa shape index (κ2) is 46.0. The van der Waals surface area contributed by atoms with Crippen LogP contribution in [0.2, 0.25) is 0 Å². The van der Waals surface area contributed by atoms with E-state index in [4.69, 9.17) is 61.3 Å². The highest BCUT2D eigenvalue weighted by molar-refractivity contribution is 9.09. The highest BCUT2D eigenvalue weighted by atomic mass is 79.9. The molecule has 4 aliphatic carbocycles. The topological polar surface area (TPSA) is 495 Å². The van der Waals surface area contributed by atoms with Gasteiger partial charge in [0.25, 0.3) is 23.6 Å². The number of likely N-dealkylation sites (tertiary alicyclic amines) is 3. The van der Waals surface area contributed by atoms with E-state index in [0.29, 0.717) is 177 Å². The molecule has 4 saturated heterocycles. The van der Waals surface area contributed by atoms with Gasteiger partial charge in [-0.15, -0.1) is 0 Å². The van der Waals surface area contributed by atoms with Gasteiger partial charge in [0, 0.05) is 88.4 Å². The van der Waals surface area contributed by atoms with Gasteiger partial charge in [-0.3, -0.25) is 33.6 Å². The Bertz CT molecular complexity index is 7300. The molecule has 0 saturated carbocycles. The van der Waals surface area contributed by atoms with Gasteiger partial charge in [0.05, 0.1) is 98.3 Å². The Hall–Kier alpha value is -17.0. The van der Waals surface area contributed by atoms with Crippen molar-refractivity contribution in [3.8, 4) is 150 Å². The van der Waals surface area contributed by atoms with Crippen molar-refractivity contribution in [1.29, 1.82) is 21.0 Å². The SMILES string of the molecule is CC(C)Oc1ccc(-c2nc(-c3cccc4c3CC3CC(=O)N(CC(=O)OCO)C43)no2)cc1C#N.CC(C)Oc1ccc(-c2nc(-c3cccc4c3CC3CC(=O)NC43)no2)cc1C#N.CCOC(=O)CBr.CCOC(=O)CN1C(=O)CC2Cc3c(-c4noc(-c5ccc(OC(C)C)c(C#N)c5)n4)cccc3C21.COc1ccc(CN2C(=O)CC3Cc4c(-c5noc(-c6ccc(OC(C)C)c(C#N)c6)n5)cccc4C32)c(OC)c1. The van der Waals surface area contributed by atoms with Gasteiger partial charge in [-0.05, 0) is 248 Å². The van der Waals surface area contributed by atoms with Crippen LogP contribution >= 0.6 is 15.9 Å². The number of hydrogen-bond acceptors (Lipinski definition) is 33. The molecule has 13 aromatic rings. The maximum Gasteiger partial charge on any atom is 0.327 e. The number of hydrogen-bond donors (Lipinski definition) is 2. The second-order valence-corrected chi connectivity index (χ2v) is 38.4. The van der Waals surface area contributed by atoms with Gasteiger partial charge in [0.1, 0.15) is 77.2 Å². The first-order valence-corrected chi connectivity index (χ1v) is 50.3. The Morgan fingerprint density at radius 3 is 1.07 bits per heavy atom. The number of fused-ring (bicyclic) bond motifs is 12. The average molecular weight is 2090 g/mol. The summed E-state index contributed by atoms with van der Waals surface area (Å²) in [5.41, 5.74) is 17.0. The van der Waals surface area contributed by atoms with E-state index in [0.717, 1.165) is 79.6 Å². The van der Waals surface area contributed by atoms with E-state index < -0.39 is 18.7 Å². The van der Waals surface area contributed by atoms with Crippen LogP contribution in [0.3, 0.4) is 0 Å². The largest absolute Gasteiger partial charge is 0.497 e. The van der Waals surface area contributed by atoms with Crippen LogP contribution in [-0.2, 0) is 80.0 Å². The normalized spacial score (nSPS) is 17.7. The standard InChI is InChI=1S/C32H30N4O5.C27H26N4O5.C26H24N4O6.C23H20N4O3.C4H7BrO2/c1-18(2)40-27-11-9-19(12-22(27)16-33)32-34-31(35-41-32)25-7-5-6-24-26(25)13-21-14-29(37)36(30(21)24)17-20-8-10-23(38-3)15-28(20)39-4;1-4-34-24(33)14-31-23(32)12-17-11-21-19(25(17)31)6-5-7-20(21)26-29-27(36-30-26)16-8-9-22(35-15(2)3)18(10-16)13-28;1-14(2)35-21-7-6-15(8-17(21)11-27)26-28-25(29-36-26)19-5-3-4-18-20(19)9-16-10-22(32)30(24(16)18)12-23(33)34-13-31;1-12(2)29-19-7-6-13(8-15(19)11-24)23-26-22(27-30-23)17-5-3-4-16-18(17)9-14-10-20(28)25-21(14)16;1-2-7-4(6)3-5/h5-12,15,18,21,30H,13-14,17H2,1-4H3;5-10,15,17,25H,4,11-12,14H2,1-3H3;3-8,14,16,24,31H,9-10,12-13H2,1-2H3;3-8,12,14,21H,9-10H2,1-2H3,(H,25,28);2-3H2,1H3. The molecule has 150 heavy (non-hydrogen) atoms. The molecule has 0 bridgehead atoms. The van der Waals surface area contributed by atoms with Crippen LogP contribution < -0.4 is 33.7 Å². The predicted molar refractivity (Wildman–Crippen MR) is 543 cm³/mol. The van der Waals surface area contributed by atoms with Crippen molar-refractivity contribution in [3.05, 3.63) is 236 Å². The lowest BCUT2D eigenvalue weighted by molar-refractivity contribution is -0.156. The number of aliphatic hydroxyl groups excluding tert-OH is 1. The molecule has 4 aliphatic heterocycles. The highest BCUT2D eigenvalue weighted by Crippen LogP contribution is 2.54. The van der Waals surface area contributed by atoms with E-state index in [-0.39, 0.29) is 127 Å². The van der Waals surface area contributed by atoms with E-state index >= 15 is 0 Å². The van der Waals surface area contributed by atoms with Gasteiger partial charge < -0.3 is 85.8 Å². The Balaban J connectivity index is 0.000000134. The number of aliphatic hydroxyl groups is 1. The fourth-order valence-corrected chi connectivity index (χ4v) is 20.9. The summed E-state index contributed by atoms with van der Waals surface area (Å²) < 4.78 is 70.2. The molecule has 4 fully saturated rings. The summed E-state index contributed by atoms with van der Waals surface area (Å²) in [7, 11) is 3.24. The van der Waals surface area contributed by atoms with Crippen molar-refractivity contribution in [2.24, 2.45) is 23.7 Å². The molecule has 8 atom stereocenters. The lowest BCUT2D eigenvalue weighted by atomic mass is 10.0. The summed E-state index contributed by atoms with van der Waals surface area (Å²) >= 11 is 2.94. The van der Waals surface area contributed by atoms with Crippen LogP contribution in [0.25, 0.3) is 91.4 Å². The molecule has 4 aromatic heterocycles. The highest BCUT2D eigenvalue weighted by Gasteiger charge is 2.51. The Labute approximate surface area is 871 Å². The Kier molecular flexibility index (Phi) is 32.0. The molecule has 8 heterocycles. The molecular weight excluding hydrogens is 1990 g/mol. The van der Waals surface area contributed by atoms with Gasteiger partial charge >= 0.3 is 17.9 Å². The maximum absolute atomic E-state index is 13.2. The number of halogens is 1. The molecule has 2 N–H and O–H groups in total. The van der Waals surface area contributed by atoms with Gasteiger partial charge in [0.2, 0.25) is 46.9 Å². The van der Waals surface area contributed by atoms with E-state index in [1.54, 1.807) is 93.6 Å². The maximum atomic E-state index is 13.2. The van der Waals surface area contributed by atoms with Gasteiger partial charge in [0.15, 0.2) is 6.79 Å². The van der Waals surface area contributed by atoms with Crippen molar-refractivity contribution >= 4 is 57.5 Å². The molecule has 0 spiro atoms. The lowest BCUT2D eigenvalue weighted by Crippen LogP contribution is -2.34. The minimum absolute atomic E-state index is 0.0219. The number of alkyl halides is 1. The first kappa shape index (κ1) is 104. The number of rotatable bonds is 28. The smallest absolute Gasteiger partial charge is 0.327 e. The summed E-state index contributed by atoms with van der Waals surface area (Å²) in [6.07, 6.45) is 4.44. The van der Waals surface area contributed by atoms with Crippen molar-refractivity contribution in [1.82, 2.24) is 60.6 Å². The zero-order chi connectivity index (χ0) is 106. The van der Waals surface area contributed by atoms with E-state index in [1.165, 1.54) is 10.5 Å². The molecule has 21 rings (SSSR count). The summed E-state index contributed by atoms with van der Waals surface area (Å²) in [6.45, 7) is 19.0. The van der Waals surface area contributed by atoms with E-state index in [9.17, 15) is 54.6 Å². The summed E-state index contributed by atoms with van der Waals surface area (Å²) in [5.74, 6) is 5.91. The third kappa shape index (κ3) is 22.3. The van der Waals surface area contributed by atoms with Crippen LogP contribution in [0.5, 0.6) is 34.5 Å². The number of nitrogens with one attached hydrogen (secondary N) is 1. The van der Waals surface area contributed by atoms with Gasteiger partial charge in [-0.1, -0.05) is 109 Å². The zero-order valence-electron chi connectivity index (χ0n) is 84.3. The number of ether oxygens (including phenoxy) is 9. The monoisotopic (exact) mass is 2090 g/mol. The zero-order valence-corrected chi connectivity index (χ0v) is 85.9. The van der Waals surface area contributed by atoms with E-state index in [1.807, 2.05) is 151 Å². The summed E-state index contributed by atoms with van der Waals surface area (Å²) in [6, 6.07) is 58.4. The summed E-state index contributed by atoms with van der Waals surface area (Å²) in [4.78, 5) is 108. The first-order valence-electron chi connectivity index (χ1n) is 49.2. The molecular formula is C112H107BrN16O21. The van der Waals surface area contributed by atoms with Crippen LogP contribution in [0.4, 0.5) is 0 Å². The van der Waals surface area contributed by atoms with Crippen LogP contribution in [0.15, 0.2) is 182 Å². The number of carbonyl (C=O) groups excluding carboxylic acids is 7. The molecule has 9 aromatic carbocycles. The molecule has 4 amide bonds. The van der Waals surface area contributed by atoms with E-state index in [2.05, 4.69) is 103 Å². The second-order valence-electron chi connectivity index (χ2n) is 37.8. The number of carbonyl (C=O) groups is 7. The predicted octanol–water partition coefficient (Wildman–Crippen LogP) is 17.5. The minimum atomic E-state index is -0.723. The molecule has 8 aliphatic rings. The van der Waals surface area contributed by atoms with Crippen LogP contribution in [-0.4, -0.2) is 179 Å². The van der Waals surface area contributed by atoms with Crippen molar-refractivity contribution in [3.63, 3.8) is 0 Å². The molecule has 8 unspecified atom stereocenters. The third-order valence-electron chi connectivity index (χ3n) is 26.7. The van der Waals surface area contributed by atoms with Gasteiger partial charge in [-0.25, -0.2) is 0 Å². The number of methoxy groups -OCH3 is 2. The molecule has 38 heteroatoms. The number of esters is 3. The lowest BCUT2D eigenvalue weighted by Gasteiger charge is -2.26. The number of benzene rings is 9.